The molecule has 0 aliphatic rings. The molecular formula is C5H9ClFN3O2. The van der Waals surface area contributed by atoms with Crippen LogP contribution in [0.4, 0.5) is 9.18 Å². The fourth-order valence-electron chi connectivity index (χ4n) is 0.505. The van der Waals surface area contributed by atoms with Gasteiger partial charge in [-0.05, 0) is 0 Å². The van der Waals surface area contributed by atoms with Crippen LogP contribution in [-0.4, -0.2) is 36.7 Å². The summed E-state index contributed by atoms with van der Waals surface area (Å²) in [6, 6.07) is -0.733. The van der Waals surface area contributed by atoms with Crippen LogP contribution in [0, 0.1) is 4.91 Å². The molecule has 7 heteroatoms. The summed E-state index contributed by atoms with van der Waals surface area (Å²) in [5.74, 6) is 0.230. The van der Waals surface area contributed by atoms with E-state index in [1.165, 1.54) is 0 Å². The Hall–Kier alpha value is -0.910. The van der Waals surface area contributed by atoms with Gasteiger partial charge >= 0.3 is 6.03 Å². The van der Waals surface area contributed by atoms with Crippen LogP contribution in [-0.2, 0) is 0 Å². The van der Waals surface area contributed by atoms with Gasteiger partial charge in [0, 0.05) is 12.4 Å². The SMILES string of the molecule is O=NN(CCF)C(=O)NCCCl. The van der Waals surface area contributed by atoms with Gasteiger partial charge < -0.3 is 5.32 Å². The van der Waals surface area contributed by atoms with Gasteiger partial charge in [-0.2, -0.15) is 5.01 Å². The summed E-state index contributed by atoms with van der Waals surface area (Å²) in [5.41, 5.74) is 0. The van der Waals surface area contributed by atoms with Crippen LogP contribution >= 0.6 is 11.6 Å². The van der Waals surface area contributed by atoms with Gasteiger partial charge in [-0.15, -0.1) is 16.5 Å². The zero-order valence-electron chi connectivity index (χ0n) is 6.30. The first-order valence-electron chi connectivity index (χ1n) is 3.26. The van der Waals surface area contributed by atoms with E-state index in [0.29, 0.717) is 5.01 Å². The third-order valence-electron chi connectivity index (χ3n) is 1.00. The minimum absolute atomic E-state index is 0.221. The molecule has 70 valence electrons. The number of hydrogen-bond donors (Lipinski definition) is 1. The summed E-state index contributed by atoms with van der Waals surface area (Å²) in [6.07, 6.45) is 0. The first-order valence-corrected chi connectivity index (χ1v) is 3.80. The molecule has 0 radical (unpaired) electrons. The lowest BCUT2D eigenvalue weighted by atomic mass is 10.6. The Balaban J connectivity index is 3.77. The van der Waals surface area contributed by atoms with Crippen molar-refractivity contribution in [2.75, 3.05) is 25.6 Å². The van der Waals surface area contributed by atoms with Crippen LogP contribution in [0.2, 0.25) is 0 Å². The van der Waals surface area contributed by atoms with E-state index in [0.717, 1.165) is 0 Å². The van der Waals surface area contributed by atoms with Crippen molar-refractivity contribution >= 4 is 17.6 Å². The molecule has 0 aliphatic heterocycles. The molecule has 0 atom stereocenters. The number of amides is 2. The van der Waals surface area contributed by atoms with Gasteiger partial charge in [-0.1, -0.05) is 0 Å². The molecule has 5 nitrogen and oxygen atoms in total. The molecule has 0 fully saturated rings. The minimum Gasteiger partial charge on any atom is -0.335 e. The average molecular weight is 198 g/mol. The highest BCUT2D eigenvalue weighted by atomic mass is 35.5. The van der Waals surface area contributed by atoms with Crippen molar-refractivity contribution in [2.45, 2.75) is 0 Å². The molecule has 0 rings (SSSR count). The predicted octanol–water partition coefficient (Wildman–Crippen LogP) is 0.888. The Kier molecular flexibility index (Phi) is 6.26. The highest BCUT2D eigenvalue weighted by molar-refractivity contribution is 6.18. The van der Waals surface area contributed by atoms with Gasteiger partial charge in [0.1, 0.15) is 6.67 Å². The first-order chi connectivity index (χ1) is 5.76. The number of nitrogens with one attached hydrogen (secondary N) is 1. The largest absolute Gasteiger partial charge is 0.340 e. The standard InChI is InChI=1S/C5H9ClFN3O2/c6-1-3-8-5(11)10(9-12)4-2-7/h1-4H2,(H,8,11). The van der Waals surface area contributed by atoms with Gasteiger partial charge in [0.05, 0.1) is 11.8 Å². The Morgan fingerprint density at radius 3 is 2.75 bits per heavy atom. The first kappa shape index (κ1) is 11.1. The van der Waals surface area contributed by atoms with Gasteiger partial charge in [0.2, 0.25) is 0 Å². The Morgan fingerprint density at radius 2 is 2.33 bits per heavy atom. The number of nitroso groups, excluding NO2 is 1. The topological polar surface area (TPSA) is 61.8 Å². The second-order valence-electron chi connectivity index (χ2n) is 1.81. The number of carbonyl (C=O) groups is 1. The fraction of sp³-hybridized carbons (Fsp3) is 0.800. The number of carbonyl (C=O) groups excluding carboxylic acids is 1. The zero-order chi connectivity index (χ0) is 9.40. The molecule has 0 bridgehead atoms. The van der Waals surface area contributed by atoms with E-state index in [9.17, 15) is 14.1 Å². The van der Waals surface area contributed by atoms with Crippen LogP contribution in [0.15, 0.2) is 5.29 Å². The molecule has 0 heterocycles. The molecule has 0 aromatic rings. The van der Waals surface area contributed by atoms with Crippen molar-refractivity contribution in [1.82, 2.24) is 10.3 Å². The second kappa shape index (κ2) is 6.78. The molecular weight excluding hydrogens is 189 g/mol. The molecule has 1 N–H and O–H groups in total. The van der Waals surface area contributed by atoms with Crippen molar-refractivity contribution in [2.24, 2.45) is 5.29 Å². The van der Waals surface area contributed by atoms with Crippen LogP contribution < -0.4 is 5.32 Å². The van der Waals surface area contributed by atoms with E-state index >= 15 is 0 Å². The molecule has 0 saturated heterocycles. The van der Waals surface area contributed by atoms with Crippen LogP contribution in [0.1, 0.15) is 0 Å². The van der Waals surface area contributed by atoms with Crippen molar-refractivity contribution < 1.29 is 9.18 Å². The van der Waals surface area contributed by atoms with E-state index in [4.69, 9.17) is 11.6 Å². The van der Waals surface area contributed by atoms with Gasteiger partial charge in [-0.3, -0.25) is 0 Å². The third-order valence-corrected chi connectivity index (χ3v) is 1.19. The van der Waals surface area contributed by atoms with Crippen LogP contribution in [0.5, 0.6) is 0 Å². The Labute approximate surface area is 73.8 Å². The molecule has 12 heavy (non-hydrogen) atoms. The van der Waals surface area contributed by atoms with E-state index in [1.807, 2.05) is 0 Å². The predicted molar refractivity (Wildman–Crippen MR) is 42.6 cm³/mol. The van der Waals surface area contributed by atoms with E-state index in [1.54, 1.807) is 0 Å². The number of urea groups is 1. The quantitative estimate of drug-likeness (QED) is 0.404. The summed E-state index contributed by atoms with van der Waals surface area (Å²) in [5, 5.41) is 5.05. The lowest BCUT2D eigenvalue weighted by molar-refractivity contribution is 0.195. The van der Waals surface area contributed by atoms with Gasteiger partial charge in [0.15, 0.2) is 0 Å². The van der Waals surface area contributed by atoms with Crippen LogP contribution in [0.3, 0.4) is 0 Å². The summed E-state index contributed by atoms with van der Waals surface area (Å²) < 4.78 is 11.7. The fourth-order valence-corrected chi connectivity index (χ4v) is 0.599. The van der Waals surface area contributed by atoms with Crippen molar-refractivity contribution in [3.63, 3.8) is 0 Å². The lowest BCUT2D eigenvalue weighted by Crippen LogP contribution is -2.38. The number of alkyl halides is 2. The van der Waals surface area contributed by atoms with Gasteiger partial charge in [-0.25, -0.2) is 9.18 Å². The number of rotatable bonds is 5. The van der Waals surface area contributed by atoms with E-state index in [-0.39, 0.29) is 19.0 Å². The van der Waals surface area contributed by atoms with Crippen molar-refractivity contribution in [3.05, 3.63) is 4.91 Å². The number of halogens is 2. The summed E-state index contributed by atoms with van der Waals surface area (Å²) in [4.78, 5) is 20.7. The van der Waals surface area contributed by atoms with Crippen molar-refractivity contribution in [1.29, 1.82) is 0 Å². The average Bonchev–Trinajstić information content (AvgIpc) is 2.10. The van der Waals surface area contributed by atoms with E-state index in [2.05, 4.69) is 10.6 Å². The molecule has 0 aliphatic carbocycles. The minimum atomic E-state index is -0.806. The summed E-state index contributed by atoms with van der Waals surface area (Å²) >= 11 is 5.25. The Morgan fingerprint density at radius 1 is 1.67 bits per heavy atom. The second-order valence-corrected chi connectivity index (χ2v) is 2.19. The monoisotopic (exact) mass is 197 g/mol. The molecule has 2 amide bonds. The zero-order valence-corrected chi connectivity index (χ0v) is 7.05. The highest BCUT2D eigenvalue weighted by Crippen LogP contribution is 1.90. The summed E-state index contributed by atoms with van der Waals surface area (Å²) in [6.45, 7) is -0.920. The molecule has 0 aromatic heterocycles. The molecule has 0 unspecified atom stereocenters. The normalized spacial score (nSPS) is 9.17. The smallest absolute Gasteiger partial charge is 0.335 e. The van der Waals surface area contributed by atoms with E-state index < -0.39 is 12.7 Å². The lowest BCUT2D eigenvalue weighted by Gasteiger charge is -2.11. The molecule has 0 spiro atoms. The highest BCUT2D eigenvalue weighted by Gasteiger charge is 2.11. The van der Waals surface area contributed by atoms with Gasteiger partial charge in [0.25, 0.3) is 0 Å². The third kappa shape index (κ3) is 4.07. The number of hydrogen-bond acceptors (Lipinski definition) is 3. The maximum absolute atomic E-state index is 11.7. The number of nitrogens with zero attached hydrogens (tertiary/aromatic N) is 2. The maximum atomic E-state index is 11.7. The maximum Gasteiger partial charge on any atom is 0.340 e. The molecule has 0 aromatic carbocycles. The Bertz CT molecular complexity index is 158. The van der Waals surface area contributed by atoms with Crippen LogP contribution in [0.25, 0.3) is 0 Å². The van der Waals surface area contributed by atoms with Crippen molar-refractivity contribution in [3.8, 4) is 0 Å². The molecule has 0 saturated carbocycles. The summed E-state index contributed by atoms with van der Waals surface area (Å²) in [7, 11) is 0.